The minimum atomic E-state index is 0.248. The van der Waals surface area contributed by atoms with E-state index in [9.17, 15) is 0 Å². The van der Waals surface area contributed by atoms with Crippen LogP contribution in [0.5, 0.6) is 0 Å². The van der Waals surface area contributed by atoms with Gasteiger partial charge in [0, 0.05) is 6.61 Å². The van der Waals surface area contributed by atoms with Crippen LogP contribution < -0.4 is 0 Å². The van der Waals surface area contributed by atoms with Gasteiger partial charge in [-0.25, -0.2) is 0 Å². The monoisotopic (exact) mass is 192 g/mol. The number of unbranched alkanes of at least 4 members (excludes halogenated alkanes) is 2. The third kappa shape index (κ3) is 3.93. The summed E-state index contributed by atoms with van der Waals surface area (Å²) in [5.41, 5.74) is 2.66. The summed E-state index contributed by atoms with van der Waals surface area (Å²) < 4.78 is 0. The first-order valence-corrected chi connectivity index (χ1v) is 5.55. The van der Waals surface area contributed by atoms with E-state index in [1.54, 1.807) is 0 Å². The van der Waals surface area contributed by atoms with Crippen LogP contribution >= 0.6 is 0 Å². The van der Waals surface area contributed by atoms with Crippen molar-refractivity contribution in [2.24, 2.45) is 0 Å². The zero-order chi connectivity index (χ0) is 10.2. The number of hydrogen-bond donors (Lipinski definition) is 1. The summed E-state index contributed by atoms with van der Waals surface area (Å²) in [6.45, 7) is 2.47. The highest BCUT2D eigenvalue weighted by atomic mass is 16.2. The molecule has 0 aliphatic heterocycles. The molecular formula is C13H20O. The molecule has 0 heterocycles. The normalized spacial score (nSPS) is 10.4. The molecule has 1 aromatic carbocycles. The summed E-state index contributed by atoms with van der Waals surface area (Å²) in [4.78, 5) is 0. The van der Waals surface area contributed by atoms with Gasteiger partial charge in [0.15, 0.2) is 0 Å². The van der Waals surface area contributed by atoms with Crippen molar-refractivity contribution >= 4 is 0 Å². The Morgan fingerprint density at radius 3 is 2.43 bits per heavy atom. The van der Waals surface area contributed by atoms with Gasteiger partial charge in [-0.15, -0.1) is 0 Å². The predicted molar refractivity (Wildman–Crippen MR) is 60.5 cm³/mol. The highest BCUT2D eigenvalue weighted by molar-refractivity contribution is 5.23. The lowest BCUT2D eigenvalue weighted by Crippen LogP contribution is -1.92. The Morgan fingerprint density at radius 2 is 1.79 bits per heavy atom. The van der Waals surface area contributed by atoms with Crippen molar-refractivity contribution in [3.8, 4) is 0 Å². The van der Waals surface area contributed by atoms with E-state index in [1.807, 2.05) is 0 Å². The number of benzene rings is 1. The number of aliphatic hydroxyl groups is 1. The first-order chi connectivity index (χ1) is 6.86. The predicted octanol–water partition coefficient (Wildman–Crippen LogP) is 2.95. The smallest absolute Gasteiger partial charge is 0.0471 e. The lowest BCUT2D eigenvalue weighted by Gasteiger charge is -2.03. The van der Waals surface area contributed by atoms with E-state index in [0.29, 0.717) is 0 Å². The van der Waals surface area contributed by atoms with Crippen LogP contribution in [0.4, 0.5) is 0 Å². The van der Waals surface area contributed by atoms with Gasteiger partial charge in [0.2, 0.25) is 0 Å². The SMILES string of the molecule is CCCCCc1cccc(CCO)c1. The fraction of sp³-hybridized carbons (Fsp3) is 0.538. The van der Waals surface area contributed by atoms with Crippen LogP contribution in [0.1, 0.15) is 37.3 Å². The molecule has 1 N–H and O–H groups in total. The van der Waals surface area contributed by atoms with E-state index in [4.69, 9.17) is 5.11 Å². The second kappa shape index (κ2) is 6.61. The summed E-state index contributed by atoms with van der Waals surface area (Å²) in [6.07, 6.45) is 5.81. The topological polar surface area (TPSA) is 20.2 Å². The maximum Gasteiger partial charge on any atom is 0.0471 e. The highest BCUT2D eigenvalue weighted by Gasteiger charge is 1.95. The first kappa shape index (κ1) is 11.3. The van der Waals surface area contributed by atoms with Crippen molar-refractivity contribution in [3.63, 3.8) is 0 Å². The summed E-state index contributed by atoms with van der Waals surface area (Å²) >= 11 is 0. The Bertz CT molecular complexity index is 255. The van der Waals surface area contributed by atoms with Crippen LogP contribution in [-0.4, -0.2) is 11.7 Å². The zero-order valence-corrected chi connectivity index (χ0v) is 9.00. The maximum atomic E-state index is 8.82. The largest absolute Gasteiger partial charge is 0.396 e. The molecule has 0 bridgehead atoms. The van der Waals surface area contributed by atoms with Gasteiger partial charge in [-0.1, -0.05) is 44.0 Å². The fourth-order valence-electron chi connectivity index (χ4n) is 1.65. The van der Waals surface area contributed by atoms with Gasteiger partial charge in [-0.2, -0.15) is 0 Å². The summed E-state index contributed by atoms with van der Waals surface area (Å²) in [6, 6.07) is 8.56. The molecule has 0 saturated heterocycles. The molecule has 0 aromatic heterocycles. The average molecular weight is 192 g/mol. The minimum Gasteiger partial charge on any atom is -0.396 e. The van der Waals surface area contributed by atoms with Crippen LogP contribution in [0.15, 0.2) is 24.3 Å². The van der Waals surface area contributed by atoms with Gasteiger partial charge in [0.25, 0.3) is 0 Å². The zero-order valence-electron chi connectivity index (χ0n) is 9.00. The second-order valence-corrected chi connectivity index (χ2v) is 3.75. The molecule has 1 aromatic rings. The molecule has 1 nitrogen and oxygen atoms in total. The summed E-state index contributed by atoms with van der Waals surface area (Å²) in [5, 5.41) is 8.82. The van der Waals surface area contributed by atoms with Crippen LogP contribution in [0, 0.1) is 0 Å². The Kier molecular flexibility index (Phi) is 5.31. The van der Waals surface area contributed by atoms with Gasteiger partial charge in [0.1, 0.15) is 0 Å². The molecule has 0 unspecified atom stereocenters. The number of aliphatic hydroxyl groups excluding tert-OH is 1. The molecule has 1 rings (SSSR count). The molecule has 0 saturated carbocycles. The van der Waals surface area contributed by atoms with E-state index in [2.05, 4.69) is 31.2 Å². The lowest BCUT2D eigenvalue weighted by molar-refractivity contribution is 0.299. The third-order valence-electron chi connectivity index (χ3n) is 2.46. The van der Waals surface area contributed by atoms with Gasteiger partial charge < -0.3 is 5.11 Å². The van der Waals surface area contributed by atoms with Gasteiger partial charge in [-0.3, -0.25) is 0 Å². The fourth-order valence-corrected chi connectivity index (χ4v) is 1.65. The lowest BCUT2D eigenvalue weighted by atomic mass is 10.0. The Balaban J connectivity index is 2.46. The van der Waals surface area contributed by atoms with Crippen molar-refractivity contribution in [2.45, 2.75) is 39.0 Å². The molecule has 0 atom stereocenters. The number of rotatable bonds is 6. The molecule has 78 valence electrons. The highest BCUT2D eigenvalue weighted by Crippen LogP contribution is 2.09. The molecule has 0 aliphatic rings. The Labute approximate surface area is 86.8 Å². The molecule has 1 heteroatoms. The summed E-state index contributed by atoms with van der Waals surface area (Å²) in [5.74, 6) is 0. The standard InChI is InChI=1S/C13H20O/c1-2-3-4-6-12-7-5-8-13(11-12)9-10-14/h5,7-8,11,14H,2-4,6,9-10H2,1H3. The van der Waals surface area contributed by atoms with Crippen LogP contribution in [-0.2, 0) is 12.8 Å². The molecule has 0 amide bonds. The van der Waals surface area contributed by atoms with E-state index in [-0.39, 0.29) is 6.61 Å². The van der Waals surface area contributed by atoms with Crippen LogP contribution in [0.2, 0.25) is 0 Å². The van der Waals surface area contributed by atoms with Crippen LogP contribution in [0.25, 0.3) is 0 Å². The molecular weight excluding hydrogens is 172 g/mol. The molecule has 0 radical (unpaired) electrons. The second-order valence-electron chi connectivity index (χ2n) is 3.75. The Hall–Kier alpha value is -0.820. The summed E-state index contributed by atoms with van der Waals surface area (Å²) in [7, 11) is 0. The number of hydrogen-bond acceptors (Lipinski definition) is 1. The van der Waals surface area contributed by atoms with Gasteiger partial charge in [-0.05, 0) is 30.4 Å². The van der Waals surface area contributed by atoms with Gasteiger partial charge in [0.05, 0.1) is 0 Å². The quantitative estimate of drug-likeness (QED) is 0.687. The average Bonchev–Trinajstić information content (AvgIpc) is 2.19. The first-order valence-electron chi connectivity index (χ1n) is 5.55. The van der Waals surface area contributed by atoms with E-state index >= 15 is 0 Å². The molecule has 14 heavy (non-hydrogen) atoms. The van der Waals surface area contributed by atoms with E-state index in [0.717, 1.165) is 6.42 Å². The van der Waals surface area contributed by atoms with Gasteiger partial charge >= 0.3 is 0 Å². The maximum absolute atomic E-state index is 8.82. The molecule has 0 spiro atoms. The van der Waals surface area contributed by atoms with Crippen molar-refractivity contribution in [1.82, 2.24) is 0 Å². The van der Waals surface area contributed by atoms with Crippen molar-refractivity contribution in [2.75, 3.05) is 6.61 Å². The Morgan fingerprint density at radius 1 is 1.07 bits per heavy atom. The molecule has 0 aliphatic carbocycles. The van der Waals surface area contributed by atoms with Crippen molar-refractivity contribution in [3.05, 3.63) is 35.4 Å². The van der Waals surface area contributed by atoms with Crippen molar-refractivity contribution < 1.29 is 5.11 Å². The van der Waals surface area contributed by atoms with E-state index in [1.165, 1.54) is 36.8 Å². The van der Waals surface area contributed by atoms with E-state index < -0.39 is 0 Å². The van der Waals surface area contributed by atoms with Crippen LogP contribution in [0.3, 0.4) is 0 Å². The third-order valence-corrected chi connectivity index (χ3v) is 2.46. The minimum absolute atomic E-state index is 0.248. The number of aryl methyl sites for hydroxylation is 1. The van der Waals surface area contributed by atoms with Crippen molar-refractivity contribution in [1.29, 1.82) is 0 Å². The molecule has 0 fully saturated rings.